The molecule has 2 nitrogen and oxygen atoms in total. The van der Waals surface area contributed by atoms with Crippen molar-refractivity contribution in [3.63, 3.8) is 0 Å². The highest BCUT2D eigenvalue weighted by molar-refractivity contribution is 7.11. The Morgan fingerprint density at radius 2 is 2.55 bits per heavy atom. The van der Waals surface area contributed by atoms with Gasteiger partial charge in [-0.1, -0.05) is 13.8 Å². The molecular formula is C8H11NOS. The lowest BCUT2D eigenvalue weighted by Gasteiger charge is -2.01. The fourth-order valence-corrected chi connectivity index (χ4v) is 1.53. The van der Waals surface area contributed by atoms with E-state index < -0.39 is 0 Å². The van der Waals surface area contributed by atoms with Crippen molar-refractivity contribution in [2.75, 3.05) is 0 Å². The summed E-state index contributed by atoms with van der Waals surface area (Å²) in [6.07, 6.45) is 1.87. The highest BCUT2D eigenvalue weighted by atomic mass is 32.1. The van der Waals surface area contributed by atoms with Crippen molar-refractivity contribution in [1.82, 2.24) is 4.98 Å². The number of nitrogens with zero attached hydrogens (tertiary/aromatic N) is 1. The van der Waals surface area contributed by atoms with Gasteiger partial charge in [0.2, 0.25) is 0 Å². The fourth-order valence-electron chi connectivity index (χ4n) is 0.790. The van der Waals surface area contributed by atoms with Crippen LogP contribution in [-0.4, -0.2) is 11.3 Å². The second-order valence-electron chi connectivity index (χ2n) is 2.54. The normalized spacial score (nSPS) is 12.9. The summed E-state index contributed by atoms with van der Waals surface area (Å²) in [6.45, 7) is 4.23. The van der Waals surface area contributed by atoms with Crippen molar-refractivity contribution in [3.05, 3.63) is 16.1 Å². The highest BCUT2D eigenvalue weighted by Crippen LogP contribution is 2.19. The molecule has 1 atom stereocenters. The molecule has 60 valence electrons. The van der Waals surface area contributed by atoms with Crippen LogP contribution < -0.4 is 0 Å². The van der Waals surface area contributed by atoms with E-state index in [1.807, 2.05) is 5.38 Å². The summed E-state index contributed by atoms with van der Waals surface area (Å²) in [6, 6.07) is 0. The van der Waals surface area contributed by atoms with Crippen molar-refractivity contribution < 1.29 is 4.79 Å². The summed E-state index contributed by atoms with van der Waals surface area (Å²) in [5.74, 6) is 0.472. The second kappa shape index (κ2) is 3.62. The minimum atomic E-state index is 0.472. The van der Waals surface area contributed by atoms with E-state index in [1.165, 1.54) is 11.3 Å². The third kappa shape index (κ3) is 1.87. The molecule has 11 heavy (non-hydrogen) atoms. The monoisotopic (exact) mass is 169 g/mol. The first-order valence-corrected chi connectivity index (χ1v) is 4.56. The van der Waals surface area contributed by atoms with Gasteiger partial charge in [-0.3, -0.25) is 4.79 Å². The SMILES string of the molecule is CCC(C)c1csc(C=O)n1. The van der Waals surface area contributed by atoms with Crippen LogP contribution in [0.25, 0.3) is 0 Å². The maximum Gasteiger partial charge on any atom is 0.178 e. The van der Waals surface area contributed by atoms with Gasteiger partial charge < -0.3 is 0 Å². The number of hydrogen-bond donors (Lipinski definition) is 0. The number of thiazole rings is 1. The summed E-state index contributed by atoms with van der Waals surface area (Å²) in [5.41, 5.74) is 1.04. The maximum absolute atomic E-state index is 10.3. The molecule has 0 aromatic carbocycles. The molecule has 1 rings (SSSR count). The van der Waals surface area contributed by atoms with Crippen LogP contribution in [0.15, 0.2) is 5.38 Å². The molecular weight excluding hydrogens is 158 g/mol. The molecule has 1 heterocycles. The van der Waals surface area contributed by atoms with Crippen molar-refractivity contribution in [1.29, 1.82) is 0 Å². The lowest BCUT2D eigenvalue weighted by Crippen LogP contribution is -1.91. The minimum absolute atomic E-state index is 0.472. The van der Waals surface area contributed by atoms with E-state index >= 15 is 0 Å². The van der Waals surface area contributed by atoms with Crippen LogP contribution >= 0.6 is 11.3 Å². The zero-order valence-electron chi connectivity index (χ0n) is 6.70. The predicted molar refractivity (Wildman–Crippen MR) is 46.2 cm³/mol. The molecule has 0 fully saturated rings. The first-order valence-electron chi connectivity index (χ1n) is 3.68. The van der Waals surface area contributed by atoms with E-state index in [2.05, 4.69) is 18.8 Å². The smallest absolute Gasteiger partial charge is 0.178 e. The Bertz CT molecular complexity index is 244. The van der Waals surface area contributed by atoms with Crippen LogP contribution in [0.2, 0.25) is 0 Å². The van der Waals surface area contributed by atoms with Crippen LogP contribution in [-0.2, 0) is 0 Å². The molecule has 0 amide bonds. The Balaban J connectivity index is 2.79. The van der Waals surface area contributed by atoms with E-state index in [9.17, 15) is 4.79 Å². The van der Waals surface area contributed by atoms with Crippen LogP contribution in [0.1, 0.15) is 41.7 Å². The van der Waals surface area contributed by atoms with Crippen molar-refractivity contribution in [3.8, 4) is 0 Å². The fraction of sp³-hybridized carbons (Fsp3) is 0.500. The summed E-state index contributed by atoms with van der Waals surface area (Å²) >= 11 is 1.41. The van der Waals surface area contributed by atoms with Crippen LogP contribution in [0, 0.1) is 0 Å². The number of carbonyl (C=O) groups excluding carboxylic acids is 1. The van der Waals surface area contributed by atoms with Crippen molar-refractivity contribution in [2.45, 2.75) is 26.2 Å². The largest absolute Gasteiger partial charge is 0.295 e. The molecule has 0 N–H and O–H groups in total. The third-order valence-electron chi connectivity index (χ3n) is 1.76. The summed E-state index contributed by atoms with van der Waals surface area (Å²) in [4.78, 5) is 14.4. The topological polar surface area (TPSA) is 30.0 Å². The first kappa shape index (κ1) is 8.40. The summed E-state index contributed by atoms with van der Waals surface area (Å²) < 4.78 is 0. The molecule has 0 spiro atoms. The van der Waals surface area contributed by atoms with Gasteiger partial charge in [-0.05, 0) is 12.3 Å². The average Bonchev–Trinajstić information content (AvgIpc) is 2.50. The van der Waals surface area contributed by atoms with E-state index in [0.717, 1.165) is 18.4 Å². The molecule has 0 aliphatic heterocycles. The summed E-state index contributed by atoms with van der Waals surface area (Å²) in [5, 5.41) is 2.54. The van der Waals surface area contributed by atoms with E-state index in [4.69, 9.17) is 0 Å². The average molecular weight is 169 g/mol. The lowest BCUT2D eigenvalue weighted by atomic mass is 10.1. The Morgan fingerprint density at radius 3 is 3.00 bits per heavy atom. The van der Waals surface area contributed by atoms with Gasteiger partial charge in [0.25, 0.3) is 0 Å². The molecule has 0 aliphatic carbocycles. The zero-order chi connectivity index (χ0) is 8.27. The maximum atomic E-state index is 10.3. The van der Waals surface area contributed by atoms with E-state index in [-0.39, 0.29) is 0 Å². The van der Waals surface area contributed by atoms with Gasteiger partial charge in [0.05, 0.1) is 5.69 Å². The Labute approximate surface area is 70.3 Å². The van der Waals surface area contributed by atoms with Crippen molar-refractivity contribution >= 4 is 17.6 Å². The van der Waals surface area contributed by atoms with Gasteiger partial charge in [-0.15, -0.1) is 11.3 Å². The molecule has 0 saturated heterocycles. The summed E-state index contributed by atoms with van der Waals surface area (Å²) in [7, 11) is 0. The van der Waals surface area contributed by atoms with Crippen molar-refractivity contribution in [2.24, 2.45) is 0 Å². The Hall–Kier alpha value is -0.700. The number of aldehydes is 1. The molecule has 0 saturated carbocycles. The van der Waals surface area contributed by atoms with Gasteiger partial charge in [0.15, 0.2) is 11.3 Å². The first-order chi connectivity index (χ1) is 5.27. The Morgan fingerprint density at radius 1 is 1.82 bits per heavy atom. The number of aromatic nitrogens is 1. The molecule has 1 aromatic rings. The second-order valence-corrected chi connectivity index (χ2v) is 3.43. The van der Waals surface area contributed by atoms with E-state index in [0.29, 0.717) is 10.9 Å². The highest BCUT2D eigenvalue weighted by Gasteiger charge is 2.06. The van der Waals surface area contributed by atoms with Crippen LogP contribution in [0.4, 0.5) is 0 Å². The van der Waals surface area contributed by atoms with Gasteiger partial charge in [-0.25, -0.2) is 4.98 Å². The predicted octanol–water partition coefficient (Wildman–Crippen LogP) is 2.47. The van der Waals surface area contributed by atoms with E-state index in [1.54, 1.807) is 0 Å². The Kier molecular flexibility index (Phi) is 2.76. The molecule has 3 heteroatoms. The standard InChI is InChI=1S/C8H11NOS/c1-3-6(2)7-5-11-8(4-10)9-7/h4-6H,3H2,1-2H3. The number of carbonyl (C=O) groups is 1. The quantitative estimate of drug-likeness (QED) is 0.650. The molecule has 1 unspecified atom stereocenters. The molecule has 0 aliphatic rings. The molecule has 1 aromatic heterocycles. The zero-order valence-corrected chi connectivity index (χ0v) is 7.52. The molecule has 0 radical (unpaired) electrons. The lowest BCUT2D eigenvalue weighted by molar-refractivity contribution is 0.112. The van der Waals surface area contributed by atoms with Gasteiger partial charge >= 0.3 is 0 Å². The number of rotatable bonds is 3. The van der Waals surface area contributed by atoms with Gasteiger partial charge in [-0.2, -0.15) is 0 Å². The van der Waals surface area contributed by atoms with Gasteiger partial charge in [0.1, 0.15) is 0 Å². The van der Waals surface area contributed by atoms with Gasteiger partial charge in [0, 0.05) is 5.38 Å². The molecule has 0 bridgehead atoms. The van der Waals surface area contributed by atoms with Crippen LogP contribution in [0.5, 0.6) is 0 Å². The third-order valence-corrected chi connectivity index (χ3v) is 2.55. The number of hydrogen-bond acceptors (Lipinski definition) is 3. The van der Waals surface area contributed by atoms with Crippen LogP contribution in [0.3, 0.4) is 0 Å². The minimum Gasteiger partial charge on any atom is -0.295 e.